The van der Waals surface area contributed by atoms with Crippen LogP contribution in [-0.2, 0) is 16.1 Å². The molecule has 18 heavy (non-hydrogen) atoms. The minimum Gasteiger partial charge on any atom is -0.468 e. The van der Waals surface area contributed by atoms with E-state index in [1.165, 1.54) is 12.0 Å². The van der Waals surface area contributed by atoms with E-state index in [0.717, 1.165) is 5.69 Å². The Labute approximate surface area is 107 Å². The molecule has 0 saturated carbocycles. The summed E-state index contributed by atoms with van der Waals surface area (Å²) < 4.78 is 6.21. The van der Waals surface area contributed by atoms with Crippen LogP contribution in [-0.4, -0.2) is 46.8 Å². The van der Waals surface area contributed by atoms with Crippen molar-refractivity contribution in [1.82, 2.24) is 14.7 Å². The maximum atomic E-state index is 12.3. The van der Waals surface area contributed by atoms with E-state index < -0.39 is 5.97 Å². The first-order valence-corrected chi connectivity index (χ1v) is 5.94. The van der Waals surface area contributed by atoms with Crippen molar-refractivity contribution in [1.29, 1.82) is 0 Å². The molecule has 0 bridgehead atoms. The van der Waals surface area contributed by atoms with Crippen LogP contribution < -0.4 is 0 Å². The number of rotatable bonds is 5. The van der Waals surface area contributed by atoms with Crippen molar-refractivity contribution in [2.24, 2.45) is 0 Å². The van der Waals surface area contributed by atoms with E-state index in [1.54, 1.807) is 10.7 Å². The van der Waals surface area contributed by atoms with Gasteiger partial charge in [0.15, 0.2) is 0 Å². The van der Waals surface area contributed by atoms with Crippen molar-refractivity contribution < 1.29 is 14.3 Å². The summed E-state index contributed by atoms with van der Waals surface area (Å²) >= 11 is 0. The number of hydrogen-bond acceptors (Lipinski definition) is 4. The van der Waals surface area contributed by atoms with E-state index in [1.807, 2.05) is 20.8 Å². The molecule has 0 fully saturated rings. The molecule has 0 unspecified atom stereocenters. The molecule has 0 aliphatic carbocycles. The van der Waals surface area contributed by atoms with Gasteiger partial charge in [0.2, 0.25) is 0 Å². The summed E-state index contributed by atoms with van der Waals surface area (Å²) in [6.45, 7) is 6.59. The molecule has 0 radical (unpaired) electrons. The highest BCUT2D eigenvalue weighted by Gasteiger charge is 2.21. The van der Waals surface area contributed by atoms with Gasteiger partial charge in [-0.1, -0.05) is 0 Å². The second-order valence-corrected chi connectivity index (χ2v) is 3.88. The smallest absolute Gasteiger partial charge is 0.325 e. The molecule has 0 atom stereocenters. The SMILES string of the molecule is CCN(CC(=O)OC)C(=O)c1cc(C)nn1CC. The van der Waals surface area contributed by atoms with Crippen LogP contribution in [0.25, 0.3) is 0 Å². The summed E-state index contributed by atoms with van der Waals surface area (Å²) in [7, 11) is 1.31. The maximum Gasteiger partial charge on any atom is 0.325 e. The fraction of sp³-hybridized carbons (Fsp3) is 0.583. The van der Waals surface area contributed by atoms with Gasteiger partial charge in [0.25, 0.3) is 5.91 Å². The van der Waals surface area contributed by atoms with E-state index in [-0.39, 0.29) is 12.5 Å². The molecule has 1 amide bonds. The number of methoxy groups -OCH3 is 1. The first kappa shape index (κ1) is 14.2. The topological polar surface area (TPSA) is 64.4 Å². The average molecular weight is 253 g/mol. The third-order valence-corrected chi connectivity index (χ3v) is 2.64. The Morgan fingerprint density at radius 1 is 1.44 bits per heavy atom. The van der Waals surface area contributed by atoms with Crippen LogP contribution in [0.5, 0.6) is 0 Å². The van der Waals surface area contributed by atoms with Gasteiger partial charge in [0, 0.05) is 13.1 Å². The molecule has 1 aromatic rings. The van der Waals surface area contributed by atoms with Gasteiger partial charge in [0.05, 0.1) is 12.8 Å². The van der Waals surface area contributed by atoms with Crippen molar-refractivity contribution >= 4 is 11.9 Å². The summed E-state index contributed by atoms with van der Waals surface area (Å²) in [5.74, 6) is -0.630. The third-order valence-electron chi connectivity index (χ3n) is 2.64. The lowest BCUT2D eigenvalue weighted by Crippen LogP contribution is -2.37. The first-order chi connectivity index (χ1) is 8.53. The number of nitrogens with zero attached hydrogens (tertiary/aromatic N) is 3. The number of esters is 1. The van der Waals surface area contributed by atoms with Gasteiger partial charge in [-0.05, 0) is 26.8 Å². The first-order valence-electron chi connectivity index (χ1n) is 5.94. The predicted octanol–water partition coefficient (Wildman–Crippen LogP) is 0.847. The van der Waals surface area contributed by atoms with Crippen LogP contribution in [0.3, 0.4) is 0 Å². The second kappa shape index (κ2) is 6.18. The zero-order valence-electron chi connectivity index (χ0n) is 11.3. The monoisotopic (exact) mass is 253 g/mol. The maximum absolute atomic E-state index is 12.3. The van der Waals surface area contributed by atoms with Gasteiger partial charge >= 0.3 is 5.97 Å². The van der Waals surface area contributed by atoms with Crippen molar-refractivity contribution in [3.05, 3.63) is 17.5 Å². The third kappa shape index (κ3) is 3.09. The normalized spacial score (nSPS) is 10.2. The fourth-order valence-electron chi connectivity index (χ4n) is 1.67. The average Bonchev–Trinajstić information content (AvgIpc) is 2.75. The van der Waals surface area contributed by atoms with E-state index in [9.17, 15) is 9.59 Å². The zero-order valence-corrected chi connectivity index (χ0v) is 11.3. The molecule has 0 spiro atoms. The van der Waals surface area contributed by atoms with Crippen molar-refractivity contribution in [2.75, 3.05) is 20.2 Å². The van der Waals surface area contributed by atoms with Crippen molar-refractivity contribution in [3.8, 4) is 0 Å². The number of carbonyl (C=O) groups excluding carboxylic acids is 2. The summed E-state index contributed by atoms with van der Waals surface area (Å²) in [4.78, 5) is 25.0. The van der Waals surface area contributed by atoms with Crippen LogP contribution in [0, 0.1) is 6.92 Å². The number of likely N-dealkylation sites (N-methyl/N-ethyl adjacent to an activating group) is 1. The van der Waals surface area contributed by atoms with Gasteiger partial charge in [-0.2, -0.15) is 5.10 Å². The number of aryl methyl sites for hydroxylation is 2. The Morgan fingerprint density at radius 3 is 2.61 bits per heavy atom. The lowest BCUT2D eigenvalue weighted by molar-refractivity contribution is -0.141. The zero-order chi connectivity index (χ0) is 13.7. The summed E-state index contributed by atoms with van der Waals surface area (Å²) in [6.07, 6.45) is 0. The Morgan fingerprint density at radius 2 is 2.11 bits per heavy atom. The van der Waals surface area contributed by atoms with Gasteiger partial charge < -0.3 is 9.64 Å². The molecule has 0 aromatic carbocycles. The second-order valence-electron chi connectivity index (χ2n) is 3.88. The molecule has 1 aromatic heterocycles. The lowest BCUT2D eigenvalue weighted by atomic mass is 10.3. The molecule has 1 heterocycles. The van der Waals surface area contributed by atoms with Crippen molar-refractivity contribution in [3.63, 3.8) is 0 Å². The lowest BCUT2D eigenvalue weighted by Gasteiger charge is -2.19. The quantitative estimate of drug-likeness (QED) is 0.730. The fourth-order valence-corrected chi connectivity index (χ4v) is 1.67. The summed E-state index contributed by atoms with van der Waals surface area (Å²) in [6, 6.07) is 1.73. The molecular formula is C12H19N3O3. The Hall–Kier alpha value is -1.85. The van der Waals surface area contributed by atoms with Crippen LogP contribution in [0.2, 0.25) is 0 Å². The van der Waals surface area contributed by atoms with Crippen LogP contribution in [0.15, 0.2) is 6.07 Å². The molecule has 100 valence electrons. The molecule has 1 rings (SSSR count). The Bertz CT molecular complexity index is 440. The van der Waals surface area contributed by atoms with Gasteiger partial charge in [-0.15, -0.1) is 0 Å². The highest BCUT2D eigenvalue weighted by atomic mass is 16.5. The van der Waals surface area contributed by atoms with E-state index in [2.05, 4.69) is 9.84 Å². The highest BCUT2D eigenvalue weighted by Crippen LogP contribution is 2.08. The van der Waals surface area contributed by atoms with Crippen LogP contribution in [0.4, 0.5) is 0 Å². The highest BCUT2D eigenvalue weighted by molar-refractivity contribution is 5.94. The molecule has 0 aliphatic rings. The van der Waals surface area contributed by atoms with E-state index in [4.69, 9.17) is 0 Å². The molecular weight excluding hydrogens is 234 g/mol. The van der Waals surface area contributed by atoms with Crippen LogP contribution >= 0.6 is 0 Å². The molecule has 6 nitrogen and oxygen atoms in total. The number of carbonyl (C=O) groups is 2. The van der Waals surface area contributed by atoms with Crippen molar-refractivity contribution in [2.45, 2.75) is 27.3 Å². The molecule has 0 saturated heterocycles. The molecule has 6 heteroatoms. The largest absolute Gasteiger partial charge is 0.468 e. The molecule has 0 N–H and O–H groups in total. The van der Waals surface area contributed by atoms with Gasteiger partial charge in [-0.3, -0.25) is 14.3 Å². The van der Waals surface area contributed by atoms with E-state index in [0.29, 0.717) is 18.8 Å². The van der Waals surface area contributed by atoms with Gasteiger partial charge in [0.1, 0.15) is 12.2 Å². The number of ether oxygens (including phenoxy) is 1. The minimum atomic E-state index is -0.426. The Kier molecular flexibility index (Phi) is 4.88. The standard InChI is InChI=1S/C12H19N3O3/c1-5-14(8-11(16)18-4)12(17)10-7-9(3)13-15(10)6-2/h7H,5-6,8H2,1-4H3. The molecule has 0 aliphatic heterocycles. The minimum absolute atomic E-state index is 0.0419. The van der Waals surface area contributed by atoms with E-state index >= 15 is 0 Å². The summed E-state index contributed by atoms with van der Waals surface area (Å²) in [5, 5.41) is 4.22. The Balaban J connectivity index is 2.92. The number of aromatic nitrogens is 2. The predicted molar refractivity (Wildman–Crippen MR) is 66.2 cm³/mol. The number of amides is 1. The van der Waals surface area contributed by atoms with Gasteiger partial charge in [-0.25, -0.2) is 0 Å². The summed E-state index contributed by atoms with van der Waals surface area (Å²) in [5.41, 5.74) is 1.29. The van der Waals surface area contributed by atoms with Crippen LogP contribution in [0.1, 0.15) is 30.0 Å². The number of hydrogen-bond donors (Lipinski definition) is 0.